The first-order valence-corrected chi connectivity index (χ1v) is 10.1. The van der Waals surface area contributed by atoms with Gasteiger partial charge in [-0.3, -0.25) is 0 Å². The first kappa shape index (κ1) is 12.8. The molecule has 0 aromatic heterocycles. The van der Waals surface area contributed by atoms with Crippen LogP contribution in [0.2, 0.25) is 24.7 Å². The molecule has 94 valence electrons. The predicted molar refractivity (Wildman–Crippen MR) is 75.8 cm³/mol. The van der Waals surface area contributed by atoms with Gasteiger partial charge >= 0.3 is 0 Å². The van der Waals surface area contributed by atoms with Gasteiger partial charge in [-0.25, -0.2) is 0 Å². The highest BCUT2D eigenvalue weighted by Crippen LogP contribution is 2.75. The second-order valence-corrected chi connectivity index (χ2v) is 11.9. The van der Waals surface area contributed by atoms with E-state index in [1.807, 2.05) is 18.2 Å². The number of benzene rings is 1. The Labute approximate surface area is 106 Å². The average molecular weight is 248 g/mol. The maximum Gasteiger partial charge on any atom is 0.0827 e. The molecule has 2 heteroatoms. The SMILES string of the molecule is C[C@@H]1[C@@H](C)C1(C(O)c1ccccc1)[Si](C)(C)C. The molecule has 0 aliphatic heterocycles. The highest BCUT2D eigenvalue weighted by atomic mass is 28.3. The summed E-state index contributed by atoms with van der Waals surface area (Å²) in [5.74, 6) is 1.29. The van der Waals surface area contributed by atoms with E-state index >= 15 is 0 Å². The summed E-state index contributed by atoms with van der Waals surface area (Å²) >= 11 is 0. The Bertz CT molecular complexity index is 385. The molecule has 1 saturated carbocycles. The summed E-state index contributed by atoms with van der Waals surface area (Å²) in [4.78, 5) is 0. The van der Waals surface area contributed by atoms with Crippen molar-refractivity contribution >= 4 is 8.07 Å². The second kappa shape index (κ2) is 3.96. The molecule has 2 rings (SSSR count). The monoisotopic (exact) mass is 248 g/mol. The van der Waals surface area contributed by atoms with Gasteiger partial charge in [0.1, 0.15) is 0 Å². The lowest BCUT2D eigenvalue weighted by Gasteiger charge is -2.36. The third kappa shape index (κ3) is 1.69. The van der Waals surface area contributed by atoms with Gasteiger partial charge in [0.05, 0.1) is 14.2 Å². The van der Waals surface area contributed by atoms with E-state index in [-0.39, 0.29) is 11.1 Å². The number of aliphatic hydroxyl groups is 1. The van der Waals surface area contributed by atoms with E-state index in [2.05, 4.69) is 45.6 Å². The zero-order valence-electron chi connectivity index (χ0n) is 11.6. The van der Waals surface area contributed by atoms with Crippen LogP contribution in [0.3, 0.4) is 0 Å². The topological polar surface area (TPSA) is 20.2 Å². The molecule has 0 bridgehead atoms. The second-order valence-electron chi connectivity index (χ2n) is 6.57. The molecule has 1 aliphatic rings. The Morgan fingerprint density at radius 2 is 1.53 bits per heavy atom. The van der Waals surface area contributed by atoms with Gasteiger partial charge in [-0.2, -0.15) is 0 Å². The zero-order chi connectivity index (χ0) is 12.8. The van der Waals surface area contributed by atoms with E-state index in [9.17, 15) is 5.11 Å². The Morgan fingerprint density at radius 1 is 1.06 bits per heavy atom. The zero-order valence-corrected chi connectivity index (χ0v) is 12.6. The third-order valence-corrected chi connectivity index (χ3v) is 8.80. The van der Waals surface area contributed by atoms with Crippen LogP contribution in [0.5, 0.6) is 0 Å². The van der Waals surface area contributed by atoms with Crippen LogP contribution >= 0.6 is 0 Å². The molecule has 0 radical (unpaired) electrons. The van der Waals surface area contributed by atoms with E-state index in [0.717, 1.165) is 5.56 Å². The van der Waals surface area contributed by atoms with Crippen molar-refractivity contribution in [1.82, 2.24) is 0 Å². The van der Waals surface area contributed by atoms with Crippen LogP contribution < -0.4 is 0 Å². The van der Waals surface area contributed by atoms with Crippen molar-refractivity contribution in [2.75, 3.05) is 0 Å². The molecule has 0 saturated heterocycles. The van der Waals surface area contributed by atoms with Gasteiger partial charge < -0.3 is 5.11 Å². The van der Waals surface area contributed by atoms with Gasteiger partial charge in [0.25, 0.3) is 0 Å². The van der Waals surface area contributed by atoms with E-state index in [1.165, 1.54) is 0 Å². The fraction of sp³-hybridized carbons (Fsp3) is 0.600. The van der Waals surface area contributed by atoms with Crippen LogP contribution in [-0.2, 0) is 0 Å². The Morgan fingerprint density at radius 3 is 1.88 bits per heavy atom. The Hall–Kier alpha value is -0.603. The van der Waals surface area contributed by atoms with Crippen LogP contribution in [0.15, 0.2) is 30.3 Å². The molecule has 0 spiro atoms. The molecule has 0 heterocycles. The summed E-state index contributed by atoms with van der Waals surface area (Å²) in [6.45, 7) is 11.8. The van der Waals surface area contributed by atoms with Gasteiger partial charge in [0, 0.05) is 5.04 Å². The molecule has 17 heavy (non-hydrogen) atoms. The standard InChI is InChI=1S/C15H24OSi/c1-11-12(2)15(11,17(3,4)5)14(16)13-9-7-6-8-10-13/h6-12,14,16H,1-5H3/t11-,12-,14?/m1/s1. The number of hydrogen-bond donors (Lipinski definition) is 1. The van der Waals surface area contributed by atoms with E-state index in [0.29, 0.717) is 11.8 Å². The molecule has 3 atom stereocenters. The highest BCUT2D eigenvalue weighted by Gasteiger charge is 2.69. The lowest BCUT2D eigenvalue weighted by Crippen LogP contribution is -2.36. The number of aliphatic hydroxyl groups excluding tert-OH is 1. The molecule has 1 nitrogen and oxygen atoms in total. The summed E-state index contributed by atoms with van der Waals surface area (Å²) in [5, 5.41) is 11.0. The predicted octanol–water partition coefficient (Wildman–Crippen LogP) is 4.08. The minimum Gasteiger partial charge on any atom is -0.388 e. The van der Waals surface area contributed by atoms with Crippen molar-refractivity contribution in [3.8, 4) is 0 Å². The van der Waals surface area contributed by atoms with Gasteiger partial charge in [-0.05, 0) is 17.4 Å². The van der Waals surface area contributed by atoms with Gasteiger partial charge in [0.2, 0.25) is 0 Å². The Kier molecular flexibility index (Phi) is 2.99. The molecule has 1 N–H and O–H groups in total. The number of hydrogen-bond acceptors (Lipinski definition) is 1. The summed E-state index contributed by atoms with van der Waals surface area (Å²) in [5.41, 5.74) is 1.09. The fourth-order valence-electron chi connectivity index (χ4n) is 3.99. The van der Waals surface area contributed by atoms with Crippen LogP contribution in [-0.4, -0.2) is 13.2 Å². The Balaban J connectivity index is 2.38. The summed E-state index contributed by atoms with van der Waals surface area (Å²) in [7, 11) is -1.40. The van der Waals surface area contributed by atoms with Crippen molar-refractivity contribution in [3.05, 3.63) is 35.9 Å². The first-order valence-electron chi connectivity index (χ1n) is 6.56. The summed E-state index contributed by atoms with van der Waals surface area (Å²) in [6.07, 6.45) is -0.291. The summed E-state index contributed by atoms with van der Waals surface area (Å²) in [6, 6.07) is 10.2. The smallest absolute Gasteiger partial charge is 0.0827 e. The molecule has 1 aromatic carbocycles. The van der Waals surface area contributed by atoms with E-state index < -0.39 is 8.07 Å². The van der Waals surface area contributed by atoms with Crippen molar-refractivity contribution in [1.29, 1.82) is 0 Å². The van der Waals surface area contributed by atoms with Crippen LogP contribution in [0.25, 0.3) is 0 Å². The molecule has 1 aliphatic carbocycles. The fourth-order valence-corrected chi connectivity index (χ4v) is 8.13. The van der Waals surface area contributed by atoms with Crippen molar-refractivity contribution < 1.29 is 5.11 Å². The van der Waals surface area contributed by atoms with Crippen LogP contribution in [0, 0.1) is 11.8 Å². The van der Waals surface area contributed by atoms with Gasteiger partial charge in [-0.15, -0.1) is 0 Å². The van der Waals surface area contributed by atoms with E-state index in [4.69, 9.17) is 0 Å². The van der Waals surface area contributed by atoms with E-state index in [1.54, 1.807) is 0 Å². The van der Waals surface area contributed by atoms with Crippen molar-refractivity contribution in [3.63, 3.8) is 0 Å². The van der Waals surface area contributed by atoms with Crippen molar-refractivity contribution in [2.24, 2.45) is 11.8 Å². The quantitative estimate of drug-likeness (QED) is 0.799. The molecule has 1 fully saturated rings. The number of rotatable bonds is 3. The largest absolute Gasteiger partial charge is 0.388 e. The molecular formula is C15H24OSi. The highest BCUT2D eigenvalue weighted by molar-refractivity contribution is 6.80. The molecular weight excluding hydrogens is 224 g/mol. The average Bonchev–Trinajstić information content (AvgIpc) is 2.83. The van der Waals surface area contributed by atoms with Crippen molar-refractivity contribution in [2.45, 2.75) is 44.6 Å². The molecule has 0 amide bonds. The maximum atomic E-state index is 10.8. The van der Waals surface area contributed by atoms with Gasteiger partial charge in [-0.1, -0.05) is 63.8 Å². The minimum atomic E-state index is -1.40. The lowest BCUT2D eigenvalue weighted by atomic mass is 10.0. The summed E-state index contributed by atoms with van der Waals surface area (Å²) < 4.78 is 0. The van der Waals surface area contributed by atoms with Crippen LogP contribution in [0.1, 0.15) is 25.5 Å². The maximum absolute atomic E-state index is 10.8. The normalized spacial score (nSPS) is 34.5. The third-order valence-electron chi connectivity index (χ3n) is 5.01. The minimum absolute atomic E-state index is 0.161. The molecule has 1 unspecified atom stereocenters. The van der Waals surface area contributed by atoms with Gasteiger partial charge in [0.15, 0.2) is 0 Å². The van der Waals surface area contributed by atoms with Crippen LogP contribution in [0.4, 0.5) is 0 Å². The lowest BCUT2D eigenvalue weighted by molar-refractivity contribution is 0.147. The molecule has 1 aromatic rings. The first-order chi connectivity index (χ1) is 7.83.